The number of ether oxygens (including phenoxy) is 1. The third-order valence-corrected chi connectivity index (χ3v) is 2.46. The molecule has 1 rings (SSSR count). The van der Waals surface area contributed by atoms with Crippen LogP contribution in [0.5, 0.6) is 5.75 Å². The Kier molecular flexibility index (Phi) is 4.59. The largest absolute Gasteiger partial charge is 0.496 e. The van der Waals surface area contributed by atoms with Crippen molar-refractivity contribution in [1.82, 2.24) is 5.32 Å². The lowest BCUT2D eigenvalue weighted by Gasteiger charge is -2.13. The van der Waals surface area contributed by atoms with Gasteiger partial charge in [-0.1, -0.05) is 6.07 Å². The van der Waals surface area contributed by atoms with Crippen LogP contribution in [0, 0.1) is 13.8 Å². The number of rotatable bonds is 5. The summed E-state index contributed by atoms with van der Waals surface area (Å²) in [5, 5.41) is 11.5. The van der Waals surface area contributed by atoms with Gasteiger partial charge in [0.1, 0.15) is 5.75 Å². The number of aliphatic hydroxyl groups excluding tert-OH is 1. The smallest absolute Gasteiger partial charge is 0.122 e. The highest BCUT2D eigenvalue weighted by atomic mass is 16.5. The van der Waals surface area contributed by atoms with Crippen molar-refractivity contribution in [3.8, 4) is 5.75 Å². The Hall–Kier alpha value is -1.06. The van der Waals surface area contributed by atoms with E-state index in [-0.39, 0.29) is 6.73 Å². The van der Waals surface area contributed by atoms with Gasteiger partial charge < -0.3 is 9.84 Å². The lowest BCUT2D eigenvalue weighted by atomic mass is 10.0. The van der Waals surface area contributed by atoms with Crippen LogP contribution in [-0.2, 0) is 6.42 Å². The fourth-order valence-corrected chi connectivity index (χ4v) is 1.75. The molecule has 0 radical (unpaired) electrons. The molecule has 0 aromatic heterocycles. The predicted octanol–water partition coefficient (Wildman–Crippen LogP) is 1.39. The van der Waals surface area contributed by atoms with Gasteiger partial charge in [-0.05, 0) is 43.0 Å². The van der Waals surface area contributed by atoms with Crippen LogP contribution in [0.15, 0.2) is 12.1 Å². The molecule has 0 amide bonds. The summed E-state index contributed by atoms with van der Waals surface area (Å²) in [4.78, 5) is 0. The predicted molar refractivity (Wildman–Crippen MR) is 61.3 cm³/mol. The molecule has 84 valence electrons. The maximum Gasteiger partial charge on any atom is 0.122 e. The SMILES string of the molecule is COc1cc(C)cc(C)c1CCNCO. The zero-order chi connectivity index (χ0) is 11.3. The molecule has 0 saturated carbocycles. The normalized spacial score (nSPS) is 10.4. The zero-order valence-electron chi connectivity index (χ0n) is 9.63. The van der Waals surface area contributed by atoms with Crippen molar-refractivity contribution in [2.45, 2.75) is 20.3 Å². The Morgan fingerprint density at radius 2 is 2.07 bits per heavy atom. The first-order valence-electron chi connectivity index (χ1n) is 5.14. The molecule has 0 aliphatic rings. The Balaban J connectivity index is 2.84. The Labute approximate surface area is 91.1 Å². The van der Waals surface area contributed by atoms with Gasteiger partial charge in [-0.2, -0.15) is 0 Å². The van der Waals surface area contributed by atoms with E-state index in [2.05, 4.69) is 25.2 Å². The van der Waals surface area contributed by atoms with Gasteiger partial charge in [-0.15, -0.1) is 0 Å². The quantitative estimate of drug-likeness (QED) is 0.569. The topological polar surface area (TPSA) is 41.5 Å². The summed E-state index contributed by atoms with van der Waals surface area (Å²) in [6, 6.07) is 4.19. The Bertz CT molecular complexity index is 324. The van der Waals surface area contributed by atoms with Crippen molar-refractivity contribution in [2.24, 2.45) is 0 Å². The van der Waals surface area contributed by atoms with Crippen LogP contribution in [0.4, 0.5) is 0 Å². The molecule has 0 atom stereocenters. The molecule has 3 nitrogen and oxygen atoms in total. The van der Waals surface area contributed by atoms with Crippen LogP contribution in [-0.4, -0.2) is 25.5 Å². The summed E-state index contributed by atoms with van der Waals surface area (Å²) in [7, 11) is 1.69. The van der Waals surface area contributed by atoms with E-state index in [0.717, 1.165) is 18.7 Å². The fourth-order valence-electron chi connectivity index (χ4n) is 1.75. The van der Waals surface area contributed by atoms with E-state index in [1.807, 2.05) is 6.07 Å². The molecule has 3 heteroatoms. The second-order valence-corrected chi connectivity index (χ2v) is 3.67. The molecule has 1 aromatic rings. The number of aryl methyl sites for hydroxylation is 2. The lowest BCUT2D eigenvalue weighted by Crippen LogP contribution is -2.18. The number of benzene rings is 1. The van der Waals surface area contributed by atoms with Gasteiger partial charge in [0.2, 0.25) is 0 Å². The zero-order valence-corrected chi connectivity index (χ0v) is 9.63. The van der Waals surface area contributed by atoms with Crippen molar-refractivity contribution in [2.75, 3.05) is 20.4 Å². The first kappa shape index (κ1) is 12.0. The molecule has 0 bridgehead atoms. The molecule has 15 heavy (non-hydrogen) atoms. The van der Waals surface area contributed by atoms with Crippen LogP contribution < -0.4 is 10.1 Å². The third kappa shape index (κ3) is 3.22. The van der Waals surface area contributed by atoms with Crippen LogP contribution in [0.1, 0.15) is 16.7 Å². The second-order valence-electron chi connectivity index (χ2n) is 3.67. The molecule has 0 aliphatic heterocycles. The van der Waals surface area contributed by atoms with E-state index < -0.39 is 0 Å². The maximum absolute atomic E-state index is 8.64. The molecule has 0 heterocycles. The number of hydrogen-bond donors (Lipinski definition) is 2. The summed E-state index contributed by atoms with van der Waals surface area (Å²) < 4.78 is 5.35. The average Bonchev–Trinajstić information content (AvgIpc) is 2.20. The highest BCUT2D eigenvalue weighted by Gasteiger charge is 2.06. The van der Waals surface area contributed by atoms with Gasteiger partial charge in [0, 0.05) is 6.54 Å². The molecule has 0 fully saturated rings. The van der Waals surface area contributed by atoms with Crippen molar-refractivity contribution < 1.29 is 9.84 Å². The summed E-state index contributed by atoms with van der Waals surface area (Å²) in [5.74, 6) is 0.937. The summed E-state index contributed by atoms with van der Waals surface area (Å²) in [6.45, 7) is 4.93. The third-order valence-electron chi connectivity index (χ3n) is 2.46. The number of aliphatic hydroxyl groups is 1. The van der Waals surface area contributed by atoms with Crippen molar-refractivity contribution >= 4 is 0 Å². The molecule has 1 aromatic carbocycles. The second kappa shape index (κ2) is 5.73. The van der Waals surface area contributed by atoms with E-state index in [0.29, 0.717) is 0 Å². The van der Waals surface area contributed by atoms with Crippen LogP contribution in [0.25, 0.3) is 0 Å². The number of nitrogens with one attached hydrogen (secondary N) is 1. The number of methoxy groups -OCH3 is 1. The van der Waals surface area contributed by atoms with E-state index >= 15 is 0 Å². The van der Waals surface area contributed by atoms with Crippen LogP contribution in [0.2, 0.25) is 0 Å². The molecular weight excluding hydrogens is 190 g/mol. The monoisotopic (exact) mass is 209 g/mol. The summed E-state index contributed by atoms with van der Waals surface area (Å²) in [5.41, 5.74) is 3.67. The van der Waals surface area contributed by atoms with E-state index in [9.17, 15) is 0 Å². The van der Waals surface area contributed by atoms with Gasteiger partial charge in [-0.3, -0.25) is 5.32 Å². The first-order chi connectivity index (χ1) is 7.19. The molecule has 2 N–H and O–H groups in total. The Morgan fingerprint density at radius 3 is 2.67 bits per heavy atom. The summed E-state index contributed by atoms with van der Waals surface area (Å²) in [6.07, 6.45) is 0.871. The molecule has 0 spiro atoms. The van der Waals surface area contributed by atoms with Crippen molar-refractivity contribution in [3.63, 3.8) is 0 Å². The van der Waals surface area contributed by atoms with Gasteiger partial charge in [0.05, 0.1) is 13.8 Å². The Morgan fingerprint density at radius 1 is 1.33 bits per heavy atom. The molecule has 0 saturated heterocycles. The maximum atomic E-state index is 8.64. The minimum absolute atomic E-state index is 0.0211. The highest BCUT2D eigenvalue weighted by Crippen LogP contribution is 2.24. The molecule has 0 aliphatic carbocycles. The standard InChI is InChI=1S/C12H19NO2/c1-9-6-10(2)11(4-5-13-8-14)12(7-9)15-3/h6-7,13-14H,4-5,8H2,1-3H3. The number of hydrogen-bond acceptors (Lipinski definition) is 3. The van der Waals surface area contributed by atoms with E-state index in [4.69, 9.17) is 9.84 Å². The van der Waals surface area contributed by atoms with Gasteiger partial charge in [0.25, 0.3) is 0 Å². The minimum Gasteiger partial charge on any atom is -0.496 e. The van der Waals surface area contributed by atoms with E-state index in [1.165, 1.54) is 16.7 Å². The van der Waals surface area contributed by atoms with Gasteiger partial charge in [0.15, 0.2) is 0 Å². The molecule has 0 unspecified atom stereocenters. The highest BCUT2D eigenvalue weighted by molar-refractivity contribution is 5.43. The van der Waals surface area contributed by atoms with Crippen molar-refractivity contribution in [1.29, 1.82) is 0 Å². The molecular formula is C12H19NO2. The summed E-state index contributed by atoms with van der Waals surface area (Å²) >= 11 is 0. The van der Waals surface area contributed by atoms with Gasteiger partial charge in [-0.25, -0.2) is 0 Å². The van der Waals surface area contributed by atoms with Gasteiger partial charge >= 0.3 is 0 Å². The van der Waals surface area contributed by atoms with Crippen LogP contribution in [0.3, 0.4) is 0 Å². The fraction of sp³-hybridized carbons (Fsp3) is 0.500. The lowest BCUT2D eigenvalue weighted by molar-refractivity contribution is 0.261. The average molecular weight is 209 g/mol. The first-order valence-corrected chi connectivity index (χ1v) is 5.14. The van der Waals surface area contributed by atoms with Crippen LogP contribution >= 0.6 is 0 Å². The minimum atomic E-state index is 0.0211. The van der Waals surface area contributed by atoms with E-state index in [1.54, 1.807) is 7.11 Å². The van der Waals surface area contributed by atoms with Crippen molar-refractivity contribution in [3.05, 3.63) is 28.8 Å².